The van der Waals surface area contributed by atoms with Gasteiger partial charge in [0.1, 0.15) is 5.75 Å². The molecule has 0 aliphatic carbocycles. The van der Waals surface area contributed by atoms with Gasteiger partial charge in [0.15, 0.2) is 0 Å². The first-order valence-electron chi connectivity index (χ1n) is 6.89. The number of nitrogens with one attached hydrogen (secondary N) is 1. The molecule has 1 heterocycles. The largest absolute Gasteiger partial charge is 0.497 e. The van der Waals surface area contributed by atoms with Crippen LogP contribution in [0.15, 0.2) is 24.3 Å². The minimum absolute atomic E-state index is 0.0117. The highest BCUT2D eigenvalue weighted by Gasteiger charge is 2.18. The first-order valence-corrected chi connectivity index (χ1v) is 6.89. The highest BCUT2D eigenvalue weighted by atomic mass is 16.5. The second-order valence-electron chi connectivity index (χ2n) is 5.19. The Morgan fingerprint density at radius 2 is 2.21 bits per heavy atom. The topological polar surface area (TPSA) is 41.6 Å². The molecule has 19 heavy (non-hydrogen) atoms. The molecule has 1 unspecified atom stereocenters. The van der Waals surface area contributed by atoms with Gasteiger partial charge in [0, 0.05) is 24.8 Å². The third-order valence-electron chi connectivity index (χ3n) is 3.62. The minimum atomic E-state index is -0.0117. The normalized spacial score (nSPS) is 19.7. The molecule has 0 saturated carbocycles. The maximum atomic E-state index is 12.2. The molecule has 0 bridgehead atoms. The third-order valence-corrected chi connectivity index (χ3v) is 3.62. The predicted octanol–water partition coefficient (Wildman–Crippen LogP) is 3.35. The zero-order chi connectivity index (χ0) is 13.7. The van der Waals surface area contributed by atoms with Crippen molar-refractivity contribution in [3.63, 3.8) is 0 Å². The maximum absolute atomic E-state index is 12.2. The van der Waals surface area contributed by atoms with Crippen molar-refractivity contribution in [3.05, 3.63) is 24.3 Å². The molecule has 2 amide bonds. The van der Waals surface area contributed by atoms with Crippen molar-refractivity contribution in [2.45, 2.75) is 26.2 Å². The number of nitrogens with zero attached hydrogens (tertiary/aromatic N) is 1. The molecule has 4 nitrogen and oxygen atoms in total. The van der Waals surface area contributed by atoms with E-state index in [0.29, 0.717) is 0 Å². The Kier molecular flexibility index (Phi) is 4.66. The van der Waals surface area contributed by atoms with E-state index in [9.17, 15) is 4.79 Å². The van der Waals surface area contributed by atoms with Gasteiger partial charge in [0.2, 0.25) is 0 Å². The molecular weight excluding hydrogens is 240 g/mol. The molecule has 0 aromatic heterocycles. The molecule has 0 spiro atoms. The van der Waals surface area contributed by atoms with Gasteiger partial charge in [-0.05, 0) is 37.3 Å². The van der Waals surface area contributed by atoms with Crippen LogP contribution in [0.5, 0.6) is 5.75 Å². The average molecular weight is 262 g/mol. The van der Waals surface area contributed by atoms with Gasteiger partial charge in [-0.3, -0.25) is 0 Å². The van der Waals surface area contributed by atoms with Gasteiger partial charge in [-0.1, -0.05) is 13.0 Å². The highest BCUT2D eigenvalue weighted by molar-refractivity contribution is 5.89. The number of benzene rings is 1. The van der Waals surface area contributed by atoms with E-state index in [1.807, 2.05) is 29.2 Å². The van der Waals surface area contributed by atoms with Crippen LogP contribution >= 0.6 is 0 Å². The summed E-state index contributed by atoms with van der Waals surface area (Å²) >= 11 is 0. The van der Waals surface area contributed by atoms with Gasteiger partial charge in [-0.25, -0.2) is 4.79 Å². The maximum Gasteiger partial charge on any atom is 0.321 e. The number of hydrogen-bond acceptors (Lipinski definition) is 2. The molecule has 1 N–H and O–H groups in total. The second kappa shape index (κ2) is 6.45. The summed E-state index contributed by atoms with van der Waals surface area (Å²) in [6.45, 7) is 3.95. The third kappa shape index (κ3) is 3.88. The number of likely N-dealkylation sites (tertiary alicyclic amines) is 1. The number of carbonyl (C=O) groups is 1. The molecule has 1 aliphatic rings. The van der Waals surface area contributed by atoms with Gasteiger partial charge >= 0.3 is 6.03 Å². The summed E-state index contributed by atoms with van der Waals surface area (Å²) in [6.07, 6.45) is 3.39. The smallest absolute Gasteiger partial charge is 0.321 e. The van der Waals surface area contributed by atoms with E-state index >= 15 is 0 Å². The van der Waals surface area contributed by atoms with Crippen LogP contribution in [0.3, 0.4) is 0 Å². The van der Waals surface area contributed by atoms with Crippen molar-refractivity contribution in [2.75, 3.05) is 25.5 Å². The van der Waals surface area contributed by atoms with Crippen molar-refractivity contribution in [1.82, 2.24) is 4.90 Å². The number of ether oxygens (including phenoxy) is 1. The minimum Gasteiger partial charge on any atom is -0.497 e. The first kappa shape index (κ1) is 13.7. The lowest BCUT2D eigenvalue weighted by Crippen LogP contribution is -2.35. The predicted molar refractivity (Wildman–Crippen MR) is 76.6 cm³/mol. The van der Waals surface area contributed by atoms with Crippen LogP contribution in [0.25, 0.3) is 0 Å². The molecule has 1 aromatic rings. The fraction of sp³-hybridized carbons (Fsp3) is 0.533. The molecule has 1 aliphatic heterocycles. The summed E-state index contributed by atoms with van der Waals surface area (Å²) in [5, 5.41) is 2.94. The van der Waals surface area contributed by atoms with Crippen LogP contribution in [-0.2, 0) is 0 Å². The summed E-state index contributed by atoms with van der Waals surface area (Å²) in [5.41, 5.74) is 0.779. The molecule has 1 fully saturated rings. The van der Waals surface area contributed by atoms with E-state index in [0.717, 1.165) is 43.3 Å². The lowest BCUT2D eigenvalue weighted by molar-refractivity contribution is 0.213. The number of amides is 2. The van der Waals surface area contributed by atoms with Gasteiger partial charge in [-0.2, -0.15) is 0 Å². The monoisotopic (exact) mass is 262 g/mol. The van der Waals surface area contributed by atoms with Crippen molar-refractivity contribution in [3.8, 4) is 5.75 Å². The molecule has 4 heteroatoms. The Morgan fingerprint density at radius 1 is 1.37 bits per heavy atom. The van der Waals surface area contributed by atoms with Crippen LogP contribution in [0.4, 0.5) is 10.5 Å². The Hall–Kier alpha value is -1.71. The molecule has 0 radical (unpaired) electrons. The van der Waals surface area contributed by atoms with Crippen molar-refractivity contribution >= 4 is 11.7 Å². The number of rotatable bonds is 2. The summed E-state index contributed by atoms with van der Waals surface area (Å²) in [4.78, 5) is 14.1. The van der Waals surface area contributed by atoms with Crippen molar-refractivity contribution in [2.24, 2.45) is 5.92 Å². The SMILES string of the molecule is COc1cccc(NC(=O)N2CCCC(C)CC2)c1. The second-order valence-corrected chi connectivity index (χ2v) is 5.19. The summed E-state index contributed by atoms with van der Waals surface area (Å²) < 4.78 is 5.15. The number of urea groups is 1. The molecule has 1 aromatic carbocycles. The van der Waals surface area contributed by atoms with Crippen LogP contribution in [0.2, 0.25) is 0 Å². The molecule has 2 rings (SSSR count). The van der Waals surface area contributed by atoms with Crippen molar-refractivity contribution < 1.29 is 9.53 Å². The van der Waals surface area contributed by atoms with Crippen LogP contribution in [0, 0.1) is 5.92 Å². The number of hydrogen-bond donors (Lipinski definition) is 1. The quantitative estimate of drug-likeness (QED) is 0.888. The van der Waals surface area contributed by atoms with Gasteiger partial charge in [-0.15, -0.1) is 0 Å². The Balaban J connectivity index is 1.96. The lowest BCUT2D eigenvalue weighted by Gasteiger charge is -2.21. The first-order chi connectivity index (χ1) is 9.19. The average Bonchev–Trinajstić information content (AvgIpc) is 2.64. The van der Waals surface area contributed by atoms with Gasteiger partial charge in [0.05, 0.1) is 7.11 Å². The van der Waals surface area contributed by atoms with Crippen LogP contribution in [-0.4, -0.2) is 31.1 Å². The standard InChI is InChI=1S/C15H22N2O2/c1-12-5-4-9-17(10-8-12)15(18)16-13-6-3-7-14(11-13)19-2/h3,6-7,11-12H,4-5,8-10H2,1-2H3,(H,16,18). The Bertz CT molecular complexity index is 434. The van der Waals surface area contributed by atoms with E-state index in [1.54, 1.807) is 7.11 Å². The zero-order valence-electron chi connectivity index (χ0n) is 11.7. The van der Waals surface area contributed by atoms with Gasteiger partial charge < -0.3 is 15.0 Å². The van der Waals surface area contributed by atoms with E-state index in [1.165, 1.54) is 6.42 Å². The Morgan fingerprint density at radius 3 is 3.00 bits per heavy atom. The Labute approximate surface area is 114 Å². The number of methoxy groups -OCH3 is 1. The van der Waals surface area contributed by atoms with Crippen molar-refractivity contribution in [1.29, 1.82) is 0 Å². The highest BCUT2D eigenvalue weighted by Crippen LogP contribution is 2.19. The van der Waals surface area contributed by atoms with E-state index in [4.69, 9.17) is 4.74 Å². The fourth-order valence-electron chi connectivity index (χ4n) is 2.37. The molecule has 1 saturated heterocycles. The lowest BCUT2D eigenvalue weighted by atomic mass is 10.0. The summed E-state index contributed by atoms with van der Waals surface area (Å²) in [5.74, 6) is 1.47. The molecule has 104 valence electrons. The van der Waals surface area contributed by atoms with Crippen LogP contribution < -0.4 is 10.1 Å². The van der Waals surface area contributed by atoms with Gasteiger partial charge in [0.25, 0.3) is 0 Å². The molecule has 1 atom stereocenters. The summed E-state index contributed by atoms with van der Waals surface area (Å²) in [6, 6.07) is 7.43. The van der Waals surface area contributed by atoms with E-state index in [-0.39, 0.29) is 6.03 Å². The van der Waals surface area contributed by atoms with Crippen LogP contribution in [0.1, 0.15) is 26.2 Å². The fourth-order valence-corrected chi connectivity index (χ4v) is 2.37. The number of anilines is 1. The van der Waals surface area contributed by atoms with E-state index in [2.05, 4.69) is 12.2 Å². The summed E-state index contributed by atoms with van der Waals surface area (Å²) in [7, 11) is 1.62. The molecular formula is C15H22N2O2. The number of carbonyl (C=O) groups excluding carboxylic acids is 1. The zero-order valence-corrected chi connectivity index (χ0v) is 11.7. The van der Waals surface area contributed by atoms with E-state index < -0.39 is 0 Å².